The van der Waals surface area contributed by atoms with E-state index in [4.69, 9.17) is 9.84 Å². The fourth-order valence-corrected chi connectivity index (χ4v) is 4.22. The van der Waals surface area contributed by atoms with Crippen molar-refractivity contribution in [2.75, 3.05) is 0 Å². The molecule has 6 atom stereocenters. The molecule has 28 heavy (non-hydrogen) atoms. The van der Waals surface area contributed by atoms with Crippen molar-refractivity contribution in [3.05, 3.63) is 23.5 Å². The fourth-order valence-electron chi connectivity index (χ4n) is 4.22. The highest BCUT2D eigenvalue weighted by Crippen LogP contribution is 2.46. The van der Waals surface area contributed by atoms with Gasteiger partial charge in [-0.15, -0.1) is 0 Å². The molecule has 1 saturated carbocycles. The Kier molecular flexibility index (Phi) is 8.53. The summed E-state index contributed by atoms with van der Waals surface area (Å²) in [7, 11) is 0. The quantitative estimate of drug-likeness (QED) is 0.388. The Balaban J connectivity index is 2.00. The fraction of sp³-hybridized carbons (Fsp3) is 0.727. The van der Waals surface area contributed by atoms with E-state index in [9.17, 15) is 20.3 Å². The molecule has 0 aromatic heterocycles. The number of nitriles is 1. The van der Waals surface area contributed by atoms with Crippen molar-refractivity contribution in [1.29, 1.82) is 5.26 Å². The molecule has 1 aliphatic heterocycles. The standard InChI is InChI=1S/C22H33NO5/c1-3-4-6-14(2)18(24)10-9-16-17-11-20(28-21(17)12-19(16)25)15(13-23)7-5-8-22(26)27/h9-10,14,16-19,21,24-25H,3-8,11-12H2,1-2H3,(H,26,27)/b10-9+,20-15+/t14?,16-,17-,18+,19-,21+/m1/s1. The summed E-state index contributed by atoms with van der Waals surface area (Å²) in [5.41, 5.74) is 0.515. The van der Waals surface area contributed by atoms with Crippen molar-refractivity contribution < 1.29 is 24.9 Å². The number of nitrogens with zero attached hydrogens (tertiary/aromatic N) is 1. The molecule has 0 radical (unpaired) electrons. The minimum atomic E-state index is -0.869. The summed E-state index contributed by atoms with van der Waals surface area (Å²) in [6, 6.07) is 2.16. The van der Waals surface area contributed by atoms with Gasteiger partial charge < -0.3 is 20.1 Å². The van der Waals surface area contributed by atoms with Gasteiger partial charge in [0.05, 0.1) is 23.9 Å². The van der Waals surface area contributed by atoms with E-state index in [1.54, 1.807) is 6.08 Å². The van der Waals surface area contributed by atoms with Crippen molar-refractivity contribution in [3.63, 3.8) is 0 Å². The summed E-state index contributed by atoms with van der Waals surface area (Å²) in [4.78, 5) is 10.7. The first-order valence-electron chi connectivity index (χ1n) is 10.4. The molecule has 0 amide bonds. The largest absolute Gasteiger partial charge is 0.493 e. The van der Waals surface area contributed by atoms with Gasteiger partial charge in [0.2, 0.25) is 0 Å². The van der Waals surface area contributed by atoms with Gasteiger partial charge in [-0.05, 0) is 25.2 Å². The lowest BCUT2D eigenvalue weighted by atomic mass is 9.89. The highest BCUT2D eigenvalue weighted by Gasteiger charge is 2.47. The second-order valence-corrected chi connectivity index (χ2v) is 8.16. The molecule has 1 aliphatic carbocycles. The first-order valence-corrected chi connectivity index (χ1v) is 10.4. The summed E-state index contributed by atoms with van der Waals surface area (Å²) >= 11 is 0. The van der Waals surface area contributed by atoms with Gasteiger partial charge >= 0.3 is 5.97 Å². The molecule has 2 aliphatic rings. The molecule has 0 aromatic rings. The first-order chi connectivity index (χ1) is 13.4. The van der Waals surface area contributed by atoms with Crippen LogP contribution in [0.3, 0.4) is 0 Å². The minimum absolute atomic E-state index is 0.0312. The number of aliphatic hydroxyl groups excluding tert-OH is 2. The summed E-state index contributed by atoms with van der Waals surface area (Å²) in [5.74, 6) is -0.0615. The topological polar surface area (TPSA) is 111 Å². The third-order valence-electron chi connectivity index (χ3n) is 6.02. The molecule has 1 saturated heterocycles. The number of unbranched alkanes of at least 4 members (excludes halogenated alkanes) is 1. The van der Waals surface area contributed by atoms with Crippen LogP contribution in [0.2, 0.25) is 0 Å². The average molecular weight is 392 g/mol. The third-order valence-corrected chi connectivity index (χ3v) is 6.02. The molecule has 1 unspecified atom stereocenters. The van der Waals surface area contributed by atoms with Gasteiger partial charge in [-0.25, -0.2) is 0 Å². The van der Waals surface area contributed by atoms with Crippen LogP contribution in [0.25, 0.3) is 0 Å². The molecule has 6 heteroatoms. The van der Waals surface area contributed by atoms with Crippen LogP contribution >= 0.6 is 0 Å². The Labute approximate surface area is 167 Å². The lowest BCUT2D eigenvalue weighted by molar-refractivity contribution is -0.137. The zero-order valence-corrected chi connectivity index (χ0v) is 16.9. The van der Waals surface area contributed by atoms with Crippen LogP contribution in [0.5, 0.6) is 0 Å². The number of hydrogen-bond donors (Lipinski definition) is 3. The van der Waals surface area contributed by atoms with E-state index >= 15 is 0 Å². The zero-order chi connectivity index (χ0) is 20.7. The Morgan fingerprint density at radius 2 is 2.14 bits per heavy atom. The van der Waals surface area contributed by atoms with Crippen LogP contribution in [0.1, 0.15) is 65.2 Å². The number of allylic oxidation sites excluding steroid dienone is 2. The van der Waals surface area contributed by atoms with Gasteiger partial charge in [-0.1, -0.05) is 38.8 Å². The minimum Gasteiger partial charge on any atom is -0.493 e. The predicted molar refractivity (Wildman–Crippen MR) is 105 cm³/mol. The summed E-state index contributed by atoms with van der Waals surface area (Å²) in [6.45, 7) is 4.17. The molecule has 2 fully saturated rings. The van der Waals surface area contributed by atoms with E-state index in [-0.39, 0.29) is 30.3 Å². The van der Waals surface area contributed by atoms with Gasteiger partial charge in [0, 0.05) is 31.1 Å². The molecule has 3 N–H and O–H groups in total. The number of ether oxygens (including phenoxy) is 1. The maximum Gasteiger partial charge on any atom is 0.303 e. The smallest absolute Gasteiger partial charge is 0.303 e. The molecular weight excluding hydrogens is 358 g/mol. The Bertz CT molecular complexity index is 635. The molecule has 0 bridgehead atoms. The SMILES string of the molecule is CCCCC(C)[C@@H](O)/C=C/[C@@H]1[C@H]2C/C(=C(\C#N)CCCC(=O)O)O[C@H]2C[C@H]1O. The Morgan fingerprint density at radius 1 is 1.39 bits per heavy atom. The molecule has 1 heterocycles. The van der Waals surface area contributed by atoms with Crippen LogP contribution in [0, 0.1) is 29.1 Å². The number of hydrogen-bond acceptors (Lipinski definition) is 5. The van der Waals surface area contributed by atoms with E-state index in [1.165, 1.54) is 0 Å². The van der Waals surface area contributed by atoms with Crippen molar-refractivity contribution in [2.24, 2.45) is 17.8 Å². The number of carboxylic acids is 1. The molecule has 0 aromatic carbocycles. The lowest BCUT2D eigenvalue weighted by Gasteiger charge is -2.18. The molecule has 156 valence electrons. The Hall–Kier alpha value is -1.84. The van der Waals surface area contributed by atoms with Gasteiger partial charge in [0.1, 0.15) is 11.9 Å². The van der Waals surface area contributed by atoms with Crippen LogP contribution in [0.15, 0.2) is 23.5 Å². The lowest BCUT2D eigenvalue weighted by Crippen LogP contribution is -2.20. The maximum absolute atomic E-state index is 10.7. The third kappa shape index (κ3) is 5.83. The van der Waals surface area contributed by atoms with Crippen molar-refractivity contribution in [3.8, 4) is 6.07 Å². The van der Waals surface area contributed by atoms with Gasteiger partial charge in [-0.3, -0.25) is 4.79 Å². The van der Waals surface area contributed by atoms with Crippen LogP contribution in [-0.2, 0) is 9.53 Å². The van der Waals surface area contributed by atoms with E-state index in [0.29, 0.717) is 37.0 Å². The number of aliphatic hydroxyl groups is 2. The molecular formula is C22H33NO5. The van der Waals surface area contributed by atoms with Crippen molar-refractivity contribution >= 4 is 5.97 Å². The second-order valence-electron chi connectivity index (χ2n) is 8.16. The molecule has 0 spiro atoms. The van der Waals surface area contributed by atoms with Gasteiger partial charge in [0.25, 0.3) is 0 Å². The van der Waals surface area contributed by atoms with E-state index in [0.717, 1.165) is 19.3 Å². The predicted octanol–water partition coefficient (Wildman–Crippen LogP) is 3.55. The molecule has 6 nitrogen and oxygen atoms in total. The maximum atomic E-state index is 10.7. The van der Waals surface area contributed by atoms with E-state index < -0.39 is 18.2 Å². The van der Waals surface area contributed by atoms with Crippen molar-refractivity contribution in [1.82, 2.24) is 0 Å². The van der Waals surface area contributed by atoms with Crippen LogP contribution in [-0.4, -0.2) is 39.6 Å². The van der Waals surface area contributed by atoms with Crippen LogP contribution < -0.4 is 0 Å². The Morgan fingerprint density at radius 3 is 2.79 bits per heavy atom. The van der Waals surface area contributed by atoms with Gasteiger partial charge in [-0.2, -0.15) is 5.26 Å². The molecule has 2 rings (SSSR count). The summed E-state index contributed by atoms with van der Waals surface area (Å²) < 4.78 is 5.96. The van der Waals surface area contributed by atoms with Crippen molar-refractivity contribution in [2.45, 2.75) is 83.5 Å². The number of rotatable bonds is 10. The van der Waals surface area contributed by atoms with Gasteiger partial charge in [0.15, 0.2) is 0 Å². The van der Waals surface area contributed by atoms with Crippen LogP contribution in [0.4, 0.5) is 0 Å². The first kappa shape index (κ1) is 22.4. The summed E-state index contributed by atoms with van der Waals surface area (Å²) in [6.07, 6.45) is 7.65. The number of aliphatic carboxylic acids is 1. The number of fused-ring (bicyclic) bond motifs is 1. The zero-order valence-electron chi connectivity index (χ0n) is 16.9. The average Bonchev–Trinajstić information content (AvgIpc) is 3.18. The highest BCUT2D eigenvalue weighted by molar-refractivity contribution is 5.66. The van der Waals surface area contributed by atoms with E-state index in [2.05, 4.69) is 13.0 Å². The second kappa shape index (κ2) is 10.6. The highest BCUT2D eigenvalue weighted by atomic mass is 16.5. The number of carbonyl (C=O) groups is 1. The number of carboxylic acid groups (broad SMARTS) is 1. The summed E-state index contributed by atoms with van der Waals surface area (Å²) in [5, 5.41) is 38.9. The van der Waals surface area contributed by atoms with E-state index in [1.807, 2.05) is 13.0 Å². The monoisotopic (exact) mass is 391 g/mol. The normalized spacial score (nSPS) is 30.5.